The van der Waals surface area contributed by atoms with Gasteiger partial charge in [0.2, 0.25) is 0 Å². The van der Waals surface area contributed by atoms with Crippen molar-refractivity contribution in [1.29, 1.82) is 5.26 Å². The van der Waals surface area contributed by atoms with Crippen molar-refractivity contribution in [2.45, 2.75) is 6.54 Å². The molecule has 2 rings (SSSR count). The average molecular weight is 244 g/mol. The van der Waals surface area contributed by atoms with Crippen molar-refractivity contribution in [3.05, 3.63) is 35.4 Å². The highest BCUT2D eigenvalue weighted by Gasteiger charge is 2.17. The first kappa shape index (κ1) is 12.4. The minimum absolute atomic E-state index is 0.0233. The largest absolute Gasteiger partial charge is 0.336 e. The fourth-order valence-electron chi connectivity index (χ4n) is 1.87. The summed E-state index contributed by atoms with van der Waals surface area (Å²) in [5, 5.41) is 14.7. The Morgan fingerprint density at radius 1 is 1.39 bits per heavy atom. The van der Waals surface area contributed by atoms with Crippen LogP contribution in [0, 0.1) is 11.3 Å². The van der Waals surface area contributed by atoms with Crippen LogP contribution >= 0.6 is 0 Å². The van der Waals surface area contributed by atoms with Crippen LogP contribution in [0.1, 0.15) is 11.1 Å². The molecule has 1 aromatic carbocycles. The van der Waals surface area contributed by atoms with Crippen LogP contribution in [-0.4, -0.2) is 37.1 Å². The Morgan fingerprint density at radius 2 is 2.17 bits per heavy atom. The third-order valence-corrected chi connectivity index (χ3v) is 2.92. The standard InChI is InChI=1S/C13H16N4O/c14-9-11-1-3-12(4-2-11)10-15-5-7-17-8-6-16-13(17)18/h1-4,15H,5-8,10H2,(H,16,18). The molecule has 94 valence electrons. The molecule has 18 heavy (non-hydrogen) atoms. The summed E-state index contributed by atoms with van der Waals surface area (Å²) >= 11 is 0. The first-order chi connectivity index (χ1) is 8.79. The molecule has 1 aliphatic rings. The summed E-state index contributed by atoms with van der Waals surface area (Å²) in [5.41, 5.74) is 1.81. The normalized spacial score (nSPS) is 14.4. The second-order valence-electron chi connectivity index (χ2n) is 4.20. The molecule has 0 aromatic heterocycles. The first-order valence-corrected chi connectivity index (χ1v) is 6.02. The molecule has 2 amide bonds. The predicted molar refractivity (Wildman–Crippen MR) is 67.8 cm³/mol. The van der Waals surface area contributed by atoms with Gasteiger partial charge in [-0.2, -0.15) is 5.26 Å². The van der Waals surface area contributed by atoms with E-state index < -0.39 is 0 Å². The Hall–Kier alpha value is -2.06. The number of carbonyl (C=O) groups is 1. The lowest BCUT2D eigenvalue weighted by molar-refractivity contribution is 0.217. The lowest BCUT2D eigenvalue weighted by Gasteiger charge is -2.14. The smallest absolute Gasteiger partial charge is 0.317 e. The molecule has 5 nitrogen and oxygen atoms in total. The molecule has 1 aliphatic heterocycles. The third kappa shape index (κ3) is 3.22. The van der Waals surface area contributed by atoms with E-state index in [4.69, 9.17) is 5.26 Å². The highest BCUT2D eigenvalue weighted by Crippen LogP contribution is 2.02. The van der Waals surface area contributed by atoms with E-state index in [0.717, 1.165) is 38.3 Å². The molecule has 2 N–H and O–H groups in total. The molecular formula is C13H16N4O. The second-order valence-corrected chi connectivity index (χ2v) is 4.20. The van der Waals surface area contributed by atoms with E-state index in [1.165, 1.54) is 0 Å². The number of benzene rings is 1. The van der Waals surface area contributed by atoms with Crippen molar-refractivity contribution in [3.8, 4) is 6.07 Å². The Balaban J connectivity index is 1.68. The van der Waals surface area contributed by atoms with Gasteiger partial charge in [-0.15, -0.1) is 0 Å². The van der Waals surface area contributed by atoms with Crippen molar-refractivity contribution in [1.82, 2.24) is 15.5 Å². The molecule has 0 saturated carbocycles. The fourth-order valence-corrected chi connectivity index (χ4v) is 1.87. The van der Waals surface area contributed by atoms with E-state index in [9.17, 15) is 4.79 Å². The molecular weight excluding hydrogens is 228 g/mol. The Morgan fingerprint density at radius 3 is 2.78 bits per heavy atom. The topological polar surface area (TPSA) is 68.2 Å². The summed E-state index contributed by atoms with van der Waals surface area (Å²) in [5.74, 6) is 0. The lowest BCUT2D eigenvalue weighted by Crippen LogP contribution is -2.34. The van der Waals surface area contributed by atoms with Crippen LogP contribution in [0.2, 0.25) is 0 Å². The quantitative estimate of drug-likeness (QED) is 0.748. The van der Waals surface area contributed by atoms with Gasteiger partial charge in [0.25, 0.3) is 0 Å². The zero-order valence-corrected chi connectivity index (χ0v) is 10.1. The number of amides is 2. The lowest BCUT2D eigenvalue weighted by atomic mass is 10.1. The minimum atomic E-state index is 0.0233. The fraction of sp³-hybridized carbons (Fsp3) is 0.385. The predicted octanol–water partition coefficient (Wildman–Crippen LogP) is 0.673. The number of carbonyl (C=O) groups excluding carboxylic acids is 1. The van der Waals surface area contributed by atoms with Crippen molar-refractivity contribution >= 4 is 6.03 Å². The number of nitriles is 1. The van der Waals surface area contributed by atoms with Crippen molar-refractivity contribution in [2.24, 2.45) is 0 Å². The van der Waals surface area contributed by atoms with E-state index in [0.29, 0.717) is 5.56 Å². The van der Waals surface area contributed by atoms with Gasteiger partial charge in [0.15, 0.2) is 0 Å². The van der Waals surface area contributed by atoms with E-state index >= 15 is 0 Å². The van der Waals surface area contributed by atoms with E-state index in [-0.39, 0.29) is 6.03 Å². The molecule has 0 atom stereocenters. The zero-order valence-electron chi connectivity index (χ0n) is 10.1. The van der Waals surface area contributed by atoms with Crippen molar-refractivity contribution < 1.29 is 4.79 Å². The average Bonchev–Trinajstić information content (AvgIpc) is 2.81. The summed E-state index contributed by atoms with van der Waals surface area (Å²) in [6, 6.07) is 9.61. The Bertz CT molecular complexity index is 449. The molecule has 0 spiro atoms. The van der Waals surface area contributed by atoms with Gasteiger partial charge >= 0.3 is 6.03 Å². The van der Waals surface area contributed by atoms with Crippen LogP contribution < -0.4 is 10.6 Å². The molecule has 0 bridgehead atoms. The van der Waals surface area contributed by atoms with Gasteiger partial charge in [-0.05, 0) is 17.7 Å². The molecule has 1 fully saturated rings. The molecule has 0 unspecified atom stereocenters. The van der Waals surface area contributed by atoms with Crippen LogP contribution in [0.3, 0.4) is 0 Å². The summed E-state index contributed by atoms with van der Waals surface area (Å²) in [6.45, 7) is 3.78. The number of hydrogen-bond acceptors (Lipinski definition) is 3. The maximum Gasteiger partial charge on any atom is 0.317 e. The van der Waals surface area contributed by atoms with E-state index in [1.54, 1.807) is 4.90 Å². The molecule has 5 heteroatoms. The highest BCUT2D eigenvalue weighted by molar-refractivity contribution is 5.76. The van der Waals surface area contributed by atoms with E-state index in [2.05, 4.69) is 16.7 Å². The van der Waals surface area contributed by atoms with Gasteiger partial charge < -0.3 is 15.5 Å². The summed E-state index contributed by atoms with van der Waals surface area (Å²) in [6.07, 6.45) is 0. The maximum atomic E-state index is 11.3. The van der Waals surface area contributed by atoms with Gasteiger partial charge in [-0.1, -0.05) is 12.1 Å². The molecule has 0 radical (unpaired) electrons. The van der Waals surface area contributed by atoms with Crippen LogP contribution in [0.15, 0.2) is 24.3 Å². The molecule has 1 aromatic rings. The number of hydrogen-bond donors (Lipinski definition) is 2. The summed E-state index contributed by atoms with van der Waals surface area (Å²) in [7, 11) is 0. The minimum Gasteiger partial charge on any atom is -0.336 e. The van der Waals surface area contributed by atoms with Crippen LogP contribution in [0.25, 0.3) is 0 Å². The van der Waals surface area contributed by atoms with E-state index in [1.807, 2.05) is 24.3 Å². The van der Waals surface area contributed by atoms with Crippen LogP contribution in [0.5, 0.6) is 0 Å². The first-order valence-electron chi connectivity index (χ1n) is 6.02. The van der Waals surface area contributed by atoms with Gasteiger partial charge in [0.1, 0.15) is 0 Å². The van der Waals surface area contributed by atoms with Crippen LogP contribution in [0.4, 0.5) is 4.79 Å². The number of rotatable bonds is 5. The van der Waals surface area contributed by atoms with Crippen LogP contribution in [-0.2, 0) is 6.54 Å². The molecule has 0 aliphatic carbocycles. The third-order valence-electron chi connectivity index (χ3n) is 2.92. The van der Waals surface area contributed by atoms with Gasteiger partial charge in [-0.25, -0.2) is 4.79 Å². The Labute approximate surface area is 106 Å². The van der Waals surface area contributed by atoms with Crippen molar-refractivity contribution in [3.63, 3.8) is 0 Å². The Kier molecular flexibility index (Phi) is 4.15. The monoisotopic (exact) mass is 244 g/mol. The SMILES string of the molecule is N#Cc1ccc(CNCCN2CCNC2=O)cc1. The highest BCUT2D eigenvalue weighted by atomic mass is 16.2. The van der Waals surface area contributed by atoms with Gasteiger partial charge in [0.05, 0.1) is 11.6 Å². The van der Waals surface area contributed by atoms with Crippen molar-refractivity contribution in [2.75, 3.05) is 26.2 Å². The van der Waals surface area contributed by atoms with Gasteiger partial charge in [0, 0.05) is 32.7 Å². The van der Waals surface area contributed by atoms with Gasteiger partial charge in [-0.3, -0.25) is 0 Å². The zero-order chi connectivity index (χ0) is 12.8. The summed E-state index contributed by atoms with van der Waals surface area (Å²) < 4.78 is 0. The summed E-state index contributed by atoms with van der Waals surface area (Å²) in [4.78, 5) is 13.1. The number of nitrogens with zero attached hydrogens (tertiary/aromatic N) is 2. The number of nitrogens with one attached hydrogen (secondary N) is 2. The second kappa shape index (κ2) is 6.03. The number of urea groups is 1. The molecule has 1 heterocycles. The molecule has 1 saturated heterocycles. The maximum absolute atomic E-state index is 11.3.